The standard InChI is InChI=1S/C15H13BrClFO3/c1-20-13-6-11(17)5-10(7-19)15(13)21-8-9-3-2-4-12(18)14(9)16/h2-6,19H,7-8H2,1H3. The Labute approximate surface area is 135 Å². The zero-order valence-electron chi connectivity index (χ0n) is 11.2. The fraction of sp³-hybridized carbons (Fsp3) is 0.200. The van der Waals surface area contributed by atoms with Gasteiger partial charge in [-0.25, -0.2) is 4.39 Å². The van der Waals surface area contributed by atoms with Gasteiger partial charge in [0.15, 0.2) is 11.5 Å². The van der Waals surface area contributed by atoms with Crippen molar-refractivity contribution in [1.82, 2.24) is 0 Å². The van der Waals surface area contributed by atoms with Crippen molar-refractivity contribution in [1.29, 1.82) is 0 Å². The van der Waals surface area contributed by atoms with Crippen LogP contribution in [-0.2, 0) is 13.2 Å². The minimum Gasteiger partial charge on any atom is -0.493 e. The Morgan fingerprint density at radius 3 is 2.71 bits per heavy atom. The number of hydrogen-bond donors (Lipinski definition) is 1. The number of rotatable bonds is 5. The van der Waals surface area contributed by atoms with Gasteiger partial charge in [0.25, 0.3) is 0 Å². The maximum Gasteiger partial charge on any atom is 0.167 e. The second kappa shape index (κ2) is 7.11. The number of benzene rings is 2. The Morgan fingerprint density at radius 1 is 1.29 bits per heavy atom. The molecule has 0 aliphatic rings. The van der Waals surface area contributed by atoms with E-state index in [-0.39, 0.29) is 19.0 Å². The molecule has 2 aromatic carbocycles. The number of ether oxygens (including phenoxy) is 2. The van der Waals surface area contributed by atoms with Crippen molar-refractivity contribution in [3.05, 3.63) is 56.8 Å². The van der Waals surface area contributed by atoms with E-state index < -0.39 is 0 Å². The monoisotopic (exact) mass is 374 g/mol. The minimum absolute atomic E-state index is 0.128. The second-order valence-corrected chi connectivity index (χ2v) is 5.49. The predicted molar refractivity (Wildman–Crippen MR) is 82.4 cm³/mol. The molecule has 3 nitrogen and oxygen atoms in total. The number of aliphatic hydroxyl groups excluding tert-OH is 1. The predicted octanol–water partition coefficient (Wildman–Crippen LogP) is 4.32. The molecule has 2 rings (SSSR count). The lowest BCUT2D eigenvalue weighted by molar-refractivity contribution is 0.249. The lowest BCUT2D eigenvalue weighted by atomic mass is 10.2. The number of hydrogen-bond acceptors (Lipinski definition) is 3. The molecule has 0 amide bonds. The Balaban J connectivity index is 2.29. The van der Waals surface area contributed by atoms with E-state index >= 15 is 0 Å². The molecule has 0 aromatic heterocycles. The van der Waals surface area contributed by atoms with Gasteiger partial charge in [-0.05, 0) is 28.1 Å². The Morgan fingerprint density at radius 2 is 2.05 bits per heavy atom. The first-order valence-electron chi connectivity index (χ1n) is 6.09. The van der Waals surface area contributed by atoms with E-state index in [1.54, 1.807) is 24.3 Å². The average molecular weight is 376 g/mol. The van der Waals surface area contributed by atoms with Crippen LogP contribution in [0, 0.1) is 5.82 Å². The molecular weight excluding hydrogens is 363 g/mol. The van der Waals surface area contributed by atoms with Gasteiger partial charge in [0.2, 0.25) is 0 Å². The van der Waals surface area contributed by atoms with Crippen LogP contribution in [0.15, 0.2) is 34.8 Å². The Bertz CT molecular complexity index is 624. The quantitative estimate of drug-likeness (QED) is 0.846. The van der Waals surface area contributed by atoms with Crippen LogP contribution in [0.3, 0.4) is 0 Å². The molecule has 0 unspecified atom stereocenters. The van der Waals surface area contributed by atoms with Gasteiger partial charge in [0.1, 0.15) is 12.4 Å². The summed E-state index contributed by atoms with van der Waals surface area (Å²) in [5.41, 5.74) is 1.16. The SMILES string of the molecule is COc1cc(Cl)cc(CO)c1OCc1cccc(F)c1Br. The third-order valence-corrected chi connectivity index (χ3v) is 4.00. The van der Waals surface area contributed by atoms with E-state index in [0.717, 1.165) is 0 Å². The van der Waals surface area contributed by atoms with Crippen LogP contribution in [0.1, 0.15) is 11.1 Å². The third kappa shape index (κ3) is 3.67. The van der Waals surface area contributed by atoms with Crippen molar-refractivity contribution < 1.29 is 19.0 Å². The van der Waals surface area contributed by atoms with E-state index in [0.29, 0.717) is 32.1 Å². The summed E-state index contributed by atoms with van der Waals surface area (Å²) < 4.78 is 24.7. The zero-order valence-corrected chi connectivity index (χ0v) is 13.5. The van der Waals surface area contributed by atoms with Crippen LogP contribution in [0.4, 0.5) is 4.39 Å². The van der Waals surface area contributed by atoms with Crippen LogP contribution in [0.2, 0.25) is 5.02 Å². The number of methoxy groups -OCH3 is 1. The van der Waals surface area contributed by atoms with Crippen LogP contribution in [0.25, 0.3) is 0 Å². The van der Waals surface area contributed by atoms with Crippen molar-refractivity contribution in [3.63, 3.8) is 0 Å². The molecule has 112 valence electrons. The molecule has 1 N–H and O–H groups in total. The highest BCUT2D eigenvalue weighted by Gasteiger charge is 2.14. The van der Waals surface area contributed by atoms with Gasteiger partial charge in [-0.1, -0.05) is 23.7 Å². The van der Waals surface area contributed by atoms with E-state index in [4.69, 9.17) is 21.1 Å². The molecule has 0 spiro atoms. The molecule has 0 heterocycles. The largest absolute Gasteiger partial charge is 0.493 e. The molecule has 0 aliphatic heterocycles. The Kier molecular flexibility index (Phi) is 5.45. The molecule has 0 saturated carbocycles. The smallest absolute Gasteiger partial charge is 0.167 e. The highest BCUT2D eigenvalue weighted by Crippen LogP contribution is 2.35. The van der Waals surface area contributed by atoms with Gasteiger partial charge < -0.3 is 14.6 Å². The van der Waals surface area contributed by atoms with Crippen molar-refractivity contribution in [3.8, 4) is 11.5 Å². The van der Waals surface area contributed by atoms with Crippen LogP contribution < -0.4 is 9.47 Å². The first-order chi connectivity index (χ1) is 10.1. The van der Waals surface area contributed by atoms with Gasteiger partial charge in [-0.15, -0.1) is 0 Å². The third-order valence-electron chi connectivity index (χ3n) is 2.89. The fourth-order valence-corrected chi connectivity index (χ4v) is 2.48. The van der Waals surface area contributed by atoms with Crippen molar-refractivity contribution in [2.45, 2.75) is 13.2 Å². The fourth-order valence-electron chi connectivity index (χ4n) is 1.87. The van der Waals surface area contributed by atoms with E-state index in [1.165, 1.54) is 13.2 Å². The summed E-state index contributed by atoms with van der Waals surface area (Å²) in [5, 5.41) is 9.84. The maximum absolute atomic E-state index is 13.5. The van der Waals surface area contributed by atoms with Crippen LogP contribution >= 0.6 is 27.5 Å². The highest BCUT2D eigenvalue weighted by atomic mass is 79.9. The zero-order chi connectivity index (χ0) is 15.4. The summed E-state index contributed by atoms with van der Waals surface area (Å²) in [4.78, 5) is 0. The first kappa shape index (κ1) is 16.1. The van der Waals surface area contributed by atoms with E-state index in [1.807, 2.05) is 0 Å². The molecule has 0 atom stereocenters. The summed E-state index contributed by atoms with van der Waals surface area (Å²) in [6.45, 7) is -0.111. The molecule has 0 bridgehead atoms. The Hall–Kier alpha value is -1.30. The van der Waals surface area contributed by atoms with Gasteiger partial charge in [-0.2, -0.15) is 0 Å². The molecule has 2 aromatic rings. The van der Waals surface area contributed by atoms with E-state index in [9.17, 15) is 9.50 Å². The maximum atomic E-state index is 13.5. The van der Waals surface area contributed by atoms with Crippen LogP contribution in [0.5, 0.6) is 11.5 Å². The number of halogens is 3. The molecule has 0 aliphatic carbocycles. The van der Waals surface area contributed by atoms with E-state index in [2.05, 4.69) is 15.9 Å². The molecule has 6 heteroatoms. The summed E-state index contributed by atoms with van der Waals surface area (Å²) >= 11 is 9.12. The van der Waals surface area contributed by atoms with Gasteiger partial charge >= 0.3 is 0 Å². The number of aliphatic hydroxyl groups is 1. The molecule has 0 saturated heterocycles. The lowest BCUT2D eigenvalue weighted by Gasteiger charge is -2.15. The van der Waals surface area contributed by atoms with Gasteiger partial charge in [-0.3, -0.25) is 0 Å². The summed E-state index contributed by atoms with van der Waals surface area (Å²) in [7, 11) is 1.48. The summed E-state index contributed by atoms with van der Waals surface area (Å²) in [6, 6.07) is 7.89. The molecular formula is C15H13BrClFO3. The van der Waals surface area contributed by atoms with Gasteiger partial charge in [0.05, 0.1) is 18.2 Å². The van der Waals surface area contributed by atoms with Crippen molar-refractivity contribution in [2.24, 2.45) is 0 Å². The average Bonchev–Trinajstić information content (AvgIpc) is 2.48. The normalized spacial score (nSPS) is 10.5. The lowest BCUT2D eigenvalue weighted by Crippen LogP contribution is -2.02. The topological polar surface area (TPSA) is 38.7 Å². The summed E-state index contributed by atoms with van der Waals surface area (Å²) in [6.07, 6.45) is 0. The highest BCUT2D eigenvalue weighted by molar-refractivity contribution is 9.10. The second-order valence-electron chi connectivity index (χ2n) is 4.26. The van der Waals surface area contributed by atoms with Crippen LogP contribution in [-0.4, -0.2) is 12.2 Å². The van der Waals surface area contributed by atoms with Crippen molar-refractivity contribution in [2.75, 3.05) is 7.11 Å². The molecule has 21 heavy (non-hydrogen) atoms. The minimum atomic E-state index is -0.360. The first-order valence-corrected chi connectivity index (χ1v) is 7.27. The van der Waals surface area contributed by atoms with Gasteiger partial charge in [0, 0.05) is 22.2 Å². The molecule has 0 radical (unpaired) electrons. The molecule has 0 fully saturated rings. The summed E-state index contributed by atoms with van der Waals surface area (Å²) in [5.74, 6) is 0.446. The van der Waals surface area contributed by atoms with Crippen molar-refractivity contribution >= 4 is 27.5 Å².